The van der Waals surface area contributed by atoms with E-state index in [4.69, 9.17) is 11.6 Å². The number of nitrogens with zero attached hydrogens (tertiary/aromatic N) is 1. The Balaban J connectivity index is 1.74. The van der Waals surface area contributed by atoms with Crippen molar-refractivity contribution in [3.8, 4) is 0 Å². The maximum absolute atomic E-state index is 12.9. The van der Waals surface area contributed by atoms with Crippen LogP contribution in [0.3, 0.4) is 0 Å². The second kappa shape index (κ2) is 9.08. The second-order valence-electron chi connectivity index (χ2n) is 6.91. The summed E-state index contributed by atoms with van der Waals surface area (Å²) in [5.41, 5.74) is 1.28. The number of carbonyl (C=O) groups excluding carboxylic acids is 1. The molecular formula is C19H23ClN4O4S. The van der Waals surface area contributed by atoms with Gasteiger partial charge in [0.2, 0.25) is 15.9 Å². The highest BCUT2D eigenvalue weighted by Gasteiger charge is 2.27. The second-order valence-corrected chi connectivity index (χ2v) is 9.03. The number of piperidine rings is 1. The fourth-order valence-electron chi connectivity index (χ4n) is 3.00. The van der Waals surface area contributed by atoms with Crippen LogP contribution in [0.1, 0.15) is 30.2 Å². The van der Waals surface area contributed by atoms with Gasteiger partial charge in [-0.1, -0.05) is 23.7 Å². The Labute approximate surface area is 174 Å². The van der Waals surface area contributed by atoms with Gasteiger partial charge in [-0.15, -0.1) is 0 Å². The zero-order valence-electron chi connectivity index (χ0n) is 15.9. The molecule has 1 aliphatic rings. The Hall–Kier alpha value is -2.20. The molecule has 0 aliphatic carbocycles. The fourth-order valence-corrected chi connectivity index (χ4v) is 4.51. The molecule has 1 fully saturated rings. The number of pyridine rings is 1. The highest BCUT2D eigenvalue weighted by Crippen LogP contribution is 2.23. The number of sulfonamides is 1. The molecular weight excluding hydrogens is 416 g/mol. The molecule has 1 aromatic heterocycles. The van der Waals surface area contributed by atoms with Crippen molar-refractivity contribution in [1.82, 2.24) is 15.0 Å². The molecule has 1 aromatic carbocycles. The molecule has 2 atom stereocenters. The van der Waals surface area contributed by atoms with Gasteiger partial charge in [-0.05, 0) is 43.2 Å². The summed E-state index contributed by atoms with van der Waals surface area (Å²) in [6.45, 7) is 2.07. The van der Waals surface area contributed by atoms with Crippen LogP contribution in [0.4, 0.5) is 5.82 Å². The third kappa shape index (κ3) is 5.66. The third-order valence-electron chi connectivity index (χ3n) is 4.59. The third-order valence-corrected chi connectivity index (χ3v) is 6.40. The lowest BCUT2D eigenvalue weighted by molar-refractivity contribution is -0.122. The van der Waals surface area contributed by atoms with Crippen molar-refractivity contribution in [3.63, 3.8) is 0 Å². The van der Waals surface area contributed by atoms with Crippen LogP contribution < -0.4 is 15.4 Å². The maximum atomic E-state index is 12.9. The van der Waals surface area contributed by atoms with Crippen LogP contribution in [-0.2, 0) is 14.8 Å². The maximum Gasteiger partial charge on any atom is 0.244 e. The Morgan fingerprint density at radius 2 is 2.00 bits per heavy atom. The molecule has 10 heteroatoms. The van der Waals surface area contributed by atoms with Crippen LogP contribution in [0.25, 0.3) is 0 Å². The normalized spacial score (nSPS) is 18.2. The summed E-state index contributed by atoms with van der Waals surface area (Å²) in [6, 6.07) is 9.46. The van der Waals surface area contributed by atoms with Crippen molar-refractivity contribution in [2.24, 2.45) is 0 Å². The van der Waals surface area contributed by atoms with E-state index in [1.807, 2.05) is 0 Å². The first-order valence-electron chi connectivity index (χ1n) is 9.18. The number of carbonyl (C=O) groups is 1. The minimum absolute atomic E-state index is 0.0108. The molecule has 3 rings (SSSR count). The smallest absolute Gasteiger partial charge is 0.244 e. The molecule has 1 unspecified atom stereocenters. The van der Waals surface area contributed by atoms with Gasteiger partial charge in [0.25, 0.3) is 0 Å². The van der Waals surface area contributed by atoms with E-state index in [0.717, 1.165) is 0 Å². The number of aliphatic hydroxyl groups is 1. The van der Waals surface area contributed by atoms with Crippen LogP contribution in [0.2, 0.25) is 5.02 Å². The SMILES string of the molecule is Cc1ccc(S(=O)(=O)NC2CCC(=O)NC2)c(NC[C@@H](O)c2ccc(Cl)cc2)n1. The lowest BCUT2D eigenvalue weighted by atomic mass is 10.1. The van der Waals surface area contributed by atoms with Gasteiger partial charge in [-0.2, -0.15) is 0 Å². The monoisotopic (exact) mass is 438 g/mol. The largest absolute Gasteiger partial charge is 0.387 e. The number of anilines is 1. The fraction of sp³-hybridized carbons (Fsp3) is 0.368. The van der Waals surface area contributed by atoms with Crippen LogP contribution >= 0.6 is 11.6 Å². The topological polar surface area (TPSA) is 120 Å². The molecule has 29 heavy (non-hydrogen) atoms. The average molecular weight is 439 g/mol. The van der Waals surface area contributed by atoms with Gasteiger partial charge >= 0.3 is 0 Å². The highest BCUT2D eigenvalue weighted by molar-refractivity contribution is 7.89. The summed E-state index contributed by atoms with van der Waals surface area (Å²) in [5, 5.41) is 16.5. The van der Waals surface area contributed by atoms with Gasteiger partial charge in [0.05, 0.1) is 6.10 Å². The van der Waals surface area contributed by atoms with Gasteiger partial charge in [0, 0.05) is 36.3 Å². The van der Waals surface area contributed by atoms with E-state index in [9.17, 15) is 18.3 Å². The number of hydrogen-bond donors (Lipinski definition) is 4. The van der Waals surface area contributed by atoms with Crippen LogP contribution in [0, 0.1) is 6.92 Å². The lowest BCUT2D eigenvalue weighted by Gasteiger charge is -2.24. The zero-order valence-corrected chi connectivity index (χ0v) is 17.4. The number of aryl methyl sites for hydroxylation is 1. The number of nitrogens with one attached hydrogen (secondary N) is 3. The Morgan fingerprint density at radius 3 is 2.66 bits per heavy atom. The standard InChI is InChI=1S/C19H23ClN4O4S/c1-12-2-8-17(29(27,28)24-15-7-9-18(26)21-10-15)19(23-12)22-11-16(25)13-3-5-14(20)6-4-13/h2-6,8,15-16,24-25H,7,9-11H2,1H3,(H,21,26)(H,22,23)/t15?,16-/m1/s1. The Kier molecular flexibility index (Phi) is 6.74. The van der Waals surface area contributed by atoms with Crippen LogP contribution in [0.5, 0.6) is 0 Å². The van der Waals surface area contributed by atoms with Crippen molar-refractivity contribution in [1.29, 1.82) is 0 Å². The van der Waals surface area contributed by atoms with E-state index < -0.39 is 16.1 Å². The number of hydrogen-bond acceptors (Lipinski definition) is 6. The lowest BCUT2D eigenvalue weighted by Crippen LogP contribution is -2.47. The summed E-state index contributed by atoms with van der Waals surface area (Å²) in [6.07, 6.45) is -0.160. The average Bonchev–Trinajstić information content (AvgIpc) is 2.68. The molecule has 1 amide bonds. The number of rotatable bonds is 7. The molecule has 156 valence electrons. The number of amides is 1. The van der Waals surface area contributed by atoms with E-state index in [2.05, 4.69) is 20.3 Å². The molecule has 8 nitrogen and oxygen atoms in total. The van der Waals surface area contributed by atoms with Crippen molar-refractivity contribution in [2.75, 3.05) is 18.4 Å². The molecule has 4 N–H and O–H groups in total. The van der Waals surface area contributed by atoms with Gasteiger partial charge in [-0.3, -0.25) is 4.79 Å². The predicted octanol–water partition coefficient (Wildman–Crippen LogP) is 1.75. The van der Waals surface area contributed by atoms with E-state index in [0.29, 0.717) is 22.7 Å². The highest BCUT2D eigenvalue weighted by atomic mass is 35.5. The summed E-state index contributed by atoms with van der Waals surface area (Å²) in [4.78, 5) is 15.6. The molecule has 0 bridgehead atoms. The van der Waals surface area contributed by atoms with Crippen molar-refractivity contribution in [2.45, 2.75) is 36.8 Å². The summed E-state index contributed by atoms with van der Waals surface area (Å²) < 4.78 is 28.4. The number of benzene rings is 1. The van der Waals surface area contributed by atoms with Crippen LogP contribution in [0.15, 0.2) is 41.3 Å². The molecule has 2 aromatic rings. The minimum Gasteiger partial charge on any atom is -0.387 e. The van der Waals surface area contributed by atoms with Gasteiger partial charge in [-0.25, -0.2) is 18.1 Å². The molecule has 0 radical (unpaired) electrons. The van der Waals surface area contributed by atoms with Gasteiger partial charge < -0.3 is 15.7 Å². The first-order valence-corrected chi connectivity index (χ1v) is 11.0. The first kappa shape index (κ1) is 21.5. The van der Waals surface area contributed by atoms with Crippen molar-refractivity contribution in [3.05, 3.63) is 52.7 Å². The molecule has 2 heterocycles. The predicted molar refractivity (Wildman–Crippen MR) is 110 cm³/mol. The van der Waals surface area contributed by atoms with E-state index in [1.165, 1.54) is 6.07 Å². The van der Waals surface area contributed by atoms with E-state index in [1.54, 1.807) is 37.3 Å². The molecule has 0 saturated carbocycles. The molecule has 1 saturated heterocycles. The summed E-state index contributed by atoms with van der Waals surface area (Å²) >= 11 is 5.86. The zero-order chi connectivity index (χ0) is 21.0. The molecule has 1 aliphatic heterocycles. The van der Waals surface area contributed by atoms with Crippen molar-refractivity contribution < 1.29 is 18.3 Å². The summed E-state index contributed by atoms with van der Waals surface area (Å²) in [5.74, 6) is 0.0707. The van der Waals surface area contributed by atoms with E-state index >= 15 is 0 Å². The quantitative estimate of drug-likeness (QED) is 0.522. The number of aromatic nitrogens is 1. The number of halogens is 1. The van der Waals surface area contributed by atoms with Gasteiger partial charge in [0.1, 0.15) is 10.7 Å². The summed E-state index contributed by atoms with van der Waals surface area (Å²) in [7, 11) is -3.87. The number of aliphatic hydroxyl groups excluding tert-OH is 1. The van der Waals surface area contributed by atoms with Crippen LogP contribution in [-0.4, -0.2) is 43.5 Å². The molecule has 0 spiro atoms. The Bertz CT molecular complexity index is 972. The Morgan fingerprint density at radius 1 is 1.28 bits per heavy atom. The minimum atomic E-state index is -3.87. The first-order chi connectivity index (χ1) is 13.7. The van der Waals surface area contributed by atoms with E-state index in [-0.39, 0.29) is 42.2 Å². The van der Waals surface area contributed by atoms with Crippen molar-refractivity contribution >= 4 is 33.3 Å². The van der Waals surface area contributed by atoms with Gasteiger partial charge in [0.15, 0.2) is 0 Å².